The van der Waals surface area contributed by atoms with Crippen LogP contribution in [0.5, 0.6) is 0 Å². The third-order valence-electron chi connectivity index (χ3n) is 6.28. The molecule has 2 aliphatic heterocycles. The molecule has 0 saturated carbocycles. The van der Waals surface area contributed by atoms with E-state index in [1.54, 1.807) is 36.4 Å². The summed E-state index contributed by atoms with van der Waals surface area (Å²) in [5, 5.41) is 0.757. The minimum absolute atomic E-state index is 0.0117. The van der Waals surface area contributed by atoms with Gasteiger partial charge in [-0.05, 0) is 49.2 Å². The zero-order valence-corrected chi connectivity index (χ0v) is 28.4. The van der Waals surface area contributed by atoms with Crippen molar-refractivity contribution in [3.8, 4) is 0 Å². The lowest BCUT2D eigenvalue weighted by atomic mass is 10.2. The van der Waals surface area contributed by atoms with E-state index >= 15 is 0 Å². The molecule has 2 aromatic carbocycles. The van der Waals surface area contributed by atoms with E-state index in [0.717, 1.165) is 23.5 Å². The molecule has 2 fully saturated rings. The average molecular weight is 740 g/mol. The van der Waals surface area contributed by atoms with Crippen molar-refractivity contribution in [2.24, 2.45) is 0 Å². The van der Waals surface area contributed by atoms with Crippen molar-refractivity contribution < 1.29 is 28.8 Å². The van der Waals surface area contributed by atoms with Gasteiger partial charge in [-0.2, -0.15) is 0 Å². The molecule has 0 radical (unpaired) electrons. The predicted octanol–water partition coefficient (Wildman–Crippen LogP) is 3.71. The van der Waals surface area contributed by atoms with Crippen LogP contribution in [0.15, 0.2) is 58.3 Å². The predicted molar refractivity (Wildman–Crippen MR) is 183 cm³/mol. The molecule has 4 N–H and O–H groups in total. The molecule has 2 aliphatic rings. The van der Waals surface area contributed by atoms with Gasteiger partial charge in [0.05, 0.1) is 9.81 Å². The van der Waals surface area contributed by atoms with E-state index in [9.17, 15) is 28.8 Å². The number of hydrazine groups is 2. The summed E-state index contributed by atoms with van der Waals surface area (Å²) < 4.78 is 0.466. The zero-order chi connectivity index (χ0) is 33.4. The molecular weight excluding hydrogens is 716 g/mol. The maximum absolute atomic E-state index is 13.2. The van der Waals surface area contributed by atoms with E-state index in [4.69, 9.17) is 47.6 Å². The second kappa shape index (κ2) is 16.3. The number of nitrogens with one attached hydrogen (secondary N) is 4. The van der Waals surface area contributed by atoms with Gasteiger partial charge in [-0.3, -0.25) is 60.3 Å². The van der Waals surface area contributed by atoms with Crippen LogP contribution in [0.25, 0.3) is 0 Å². The third kappa shape index (κ3) is 9.27. The Morgan fingerprint density at radius 2 is 1.04 bits per heavy atom. The number of carbonyl (C=O) groups excluding carboxylic acids is 6. The smallest absolute Gasteiger partial charge is 0.269 e. The molecule has 0 atom stereocenters. The summed E-state index contributed by atoms with van der Waals surface area (Å²) in [5.74, 6) is -2.96. The molecule has 4 rings (SSSR count). The highest BCUT2D eigenvalue weighted by atomic mass is 35.5. The van der Waals surface area contributed by atoms with Crippen molar-refractivity contribution in [2.75, 3.05) is 13.1 Å². The molecule has 46 heavy (non-hydrogen) atoms. The van der Waals surface area contributed by atoms with Crippen molar-refractivity contribution in [1.29, 1.82) is 0 Å². The monoisotopic (exact) mass is 738 g/mol. The Bertz CT molecular complexity index is 1550. The maximum Gasteiger partial charge on any atom is 0.269 e. The van der Waals surface area contributed by atoms with Gasteiger partial charge in [0.15, 0.2) is 0 Å². The molecule has 240 valence electrons. The molecule has 0 unspecified atom stereocenters. The van der Waals surface area contributed by atoms with Gasteiger partial charge in [-0.1, -0.05) is 83.3 Å². The fourth-order valence-electron chi connectivity index (χ4n) is 4.03. The number of nitrogens with zero attached hydrogens (tertiary/aromatic N) is 2. The molecule has 0 bridgehead atoms. The summed E-state index contributed by atoms with van der Waals surface area (Å²) >= 11 is 24.4. The number of benzene rings is 2. The fourth-order valence-corrected chi connectivity index (χ4v) is 7.18. The molecule has 0 aliphatic carbocycles. The Balaban J connectivity index is 1.21. The Labute approximate surface area is 292 Å². The SMILES string of the molecule is O=C(CCCN1C(=O)C(=C2SC(=S)N(CCCC(=O)NNC(=O)c3cccc(Cl)c3)C2=O)SC1=S)NNC(=O)c1cccc(Cl)c1. The largest absolute Gasteiger partial charge is 0.293 e. The van der Waals surface area contributed by atoms with E-state index in [-0.39, 0.29) is 68.4 Å². The van der Waals surface area contributed by atoms with Gasteiger partial charge in [-0.25, -0.2) is 0 Å². The Kier molecular flexibility index (Phi) is 12.5. The number of thiocarbonyl (C=S) groups is 2. The molecule has 2 heterocycles. The highest BCUT2D eigenvalue weighted by molar-refractivity contribution is 8.29. The Morgan fingerprint density at radius 1 is 0.652 bits per heavy atom. The first-order chi connectivity index (χ1) is 21.9. The molecular formula is C28H24Cl2N6O6S4. The first-order valence-corrected chi connectivity index (χ1v) is 16.7. The second-order valence-corrected chi connectivity index (χ2v) is 13.7. The van der Waals surface area contributed by atoms with Crippen LogP contribution in [0.3, 0.4) is 0 Å². The summed E-state index contributed by atoms with van der Waals surface area (Å²) in [7, 11) is 0. The van der Waals surface area contributed by atoms with Crippen LogP contribution in [0.1, 0.15) is 46.4 Å². The highest BCUT2D eigenvalue weighted by Gasteiger charge is 2.41. The van der Waals surface area contributed by atoms with Gasteiger partial charge in [0, 0.05) is 47.1 Å². The van der Waals surface area contributed by atoms with Crippen LogP contribution in [-0.2, 0) is 19.2 Å². The highest BCUT2D eigenvalue weighted by Crippen LogP contribution is 2.42. The summed E-state index contributed by atoms with van der Waals surface area (Å²) in [6.45, 7) is 0.236. The Hall–Kier alpha value is -3.54. The molecule has 2 saturated heterocycles. The third-order valence-corrected chi connectivity index (χ3v) is 9.78. The van der Waals surface area contributed by atoms with Gasteiger partial charge in [0.2, 0.25) is 11.8 Å². The van der Waals surface area contributed by atoms with Crippen molar-refractivity contribution in [3.05, 3.63) is 79.5 Å². The number of hydrogen-bond acceptors (Lipinski definition) is 10. The minimum atomic E-state index is -0.535. The molecule has 2 aromatic rings. The van der Waals surface area contributed by atoms with E-state index in [1.807, 2.05) is 0 Å². The summed E-state index contributed by atoms with van der Waals surface area (Å²) in [5.41, 5.74) is 9.78. The van der Waals surface area contributed by atoms with Crippen LogP contribution in [-0.4, -0.2) is 67.0 Å². The van der Waals surface area contributed by atoms with Crippen LogP contribution in [0.4, 0.5) is 0 Å². The lowest BCUT2D eigenvalue weighted by molar-refractivity contribution is -0.125. The van der Waals surface area contributed by atoms with E-state index < -0.39 is 35.4 Å². The van der Waals surface area contributed by atoms with Gasteiger partial charge in [0.1, 0.15) is 8.64 Å². The van der Waals surface area contributed by atoms with E-state index in [1.165, 1.54) is 21.9 Å². The average Bonchev–Trinajstić information content (AvgIpc) is 3.47. The van der Waals surface area contributed by atoms with Crippen LogP contribution in [0.2, 0.25) is 10.0 Å². The van der Waals surface area contributed by atoms with Crippen LogP contribution >= 0.6 is 71.2 Å². The minimum Gasteiger partial charge on any atom is -0.293 e. The van der Waals surface area contributed by atoms with Crippen molar-refractivity contribution in [1.82, 2.24) is 31.5 Å². The number of halogens is 2. The van der Waals surface area contributed by atoms with Gasteiger partial charge < -0.3 is 0 Å². The molecule has 12 nitrogen and oxygen atoms in total. The van der Waals surface area contributed by atoms with Crippen molar-refractivity contribution >= 4 is 115 Å². The van der Waals surface area contributed by atoms with Crippen LogP contribution in [0, 0.1) is 0 Å². The van der Waals surface area contributed by atoms with Gasteiger partial charge >= 0.3 is 0 Å². The molecule has 0 aromatic heterocycles. The lowest BCUT2D eigenvalue weighted by Crippen LogP contribution is -2.42. The zero-order valence-electron chi connectivity index (χ0n) is 23.6. The lowest BCUT2D eigenvalue weighted by Gasteiger charge is -2.15. The fraction of sp³-hybridized carbons (Fsp3) is 0.214. The van der Waals surface area contributed by atoms with E-state index in [2.05, 4.69) is 21.7 Å². The van der Waals surface area contributed by atoms with Crippen molar-refractivity contribution in [2.45, 2.75) is 25.7 Å². The summed E-state index contributed by atoms with van der Waals surface area (Å²) in [4.78, 5) is 78.0. The van der Waals surface area contributed by atoms with Crippen LogP contribution < -0.4 is 21.7 Å². The number of thioether (sulfide) groups is 2. The number of amides is 6. The number of carbonyl (C=O) groups is 6. The van der Waals surface area contributed by atoms with Crippen molar-refractivity contribution in [3.63, 3.8) is 0 Å². The normalized spacial score (nSPS) is 16.1. The number of hydrogen-bond donors (Lipinski definition) is 4. The van der Waals surface area contributed by atoms with E-state index in [0.29, 0.717) is 10.0 Å². The molecule has 0 spiro atoms. The second-order valence-electron chi connectivity index (χ2n) is 9.54. The number of rotatable bonds is 10. The maximum atomic E-state index is 13.2. The first-order valence-electron chi connectivity index (χ1n) is 13.5. The topological polar surface area (TPSA) is 157 Å². The quantitative estimate of drug-likeness (QED) is 0.161. The summed E-state index contributed by atoms with van der Waals surface area (Å²) in [6, 6.07) is 12.5. The Morgan fingerprint density at radius 3 is 1.41 bits per heavy atom. The molecule has 6 amide bonds. The van der Waals surface area contributed by atoms with Gasteiger partial charge in [0.25, 0.3) is 23.6 Å². The summed E-state index contributed by atoms with van der Waals surface area (Å²) in [6.07, 6.45) is 0.451. The first kappa shape index (κ1) is 35.3. The van der Waals surface area contributed by atoms with Gasteiger partial charge in [-0.15, -0.1) is 0 Å². The standard InChI is InChI=1S/C28H24Cl2N6O6S4/c29-17-7-1-5-15(13-17)23(39)33-31-19(37)9-3-11-35-25(41)21(45-27(35)43)22-26(42)36(28(44)46-22)12-4-10-20(38)32-34-24(40)16-6-2-8-18(30)14-16/h1-2,5-8,13-14H,3-4,9-12H2,(H,31,37)(H,32,38)(H,33,39)(H,34,40). The molecule has 18 heteroatoms.